The van der Waals surface area contributed by atoms with Crippen LogP contribution in [0, 0.1) is 20.9 Å². The molecule has 0 saturated carbocycles. The van der Waals surface area contributed by atoms with Gasteiger partial charge in [0.05, 0.1) is 0 Å². The summed E-state index contributed by atoms with van der Waals surface area (Å²) in [4.78, 5) is 0. The van der Waals surface area contributed by atoms with Gasteiger partial charge >= 0.3 is 26.2 Å². The standard InChI is InChI=1S/C13H9.C13H13.2CH3.Zr/c1-3-7-12-10(5-1)9-11-6-2-4-8-13(11)12;1-11-6-5-9-13(11)10-12-7-3-2-4-8-12;;;/h1-9H;2-4,6-8H,9-10H2,1H3;2*1H3;/q4*-1;+4. The van der Waals surface area contributed by atoms with Crippen molar-refractivity contribution in [2.24, 2.45) is 0 Å². The normalized spacial score (nSPS) is 11.9. The Bertz CT molecular complexity index is 1030. The molecule has 0 aromatic heterocycles. The summed E-state index contributed by atoms with van der Waals surface area (Å²) in [6.45, 7) is 2.16. The molecule has 1 aliphatic carbocycles. The van der Waals surface area contributed by atoms with Crippen LogP contribution in [0.5, 0.6) is 0 Å². The van der Waals surface area contributed by atoms with Crippen molar-refractivity contribution in [1.29, 1.82) is 0 Å². The maximum Gasteiger partial charge on any atom is 4.00 e. The summed E-state index contributed by atoms with van der Waals surface area (Å²) in [5.41, 5.74) is 4.30. The van der Waals surface area contributed by atoms with Gasteiger partial charge in [0.2, 0.25) is 0 Å². The molecule has 0 radical (unpaired) electrons. The molecule has 0 aliphatic heterocycles. The van der Waals surface area contributed by atoms with Crippen molar-refractivity contribution in [2.45, 2.75) is 19.8 Å². The summed E-state index contributed by atoms with van der Waals surface area (Å²) in [5.74, 6) is 0. The molecule has 0 saturated heterocycles. The molecule has 4 aromatic rings. The summed E-state index contributed by atoms with van der Waals surface area (Å²) in [7, 11) is 0. The van der Waals surface area contributed by atoms with Crippen LogP contribution in [-0.2, 0) is 32.6 Å². The Morgan fingerprint density at radius 2 is 1.28 bits per heavy atom. The van der Waals surface area contributed by atoms with Crippen LogP contribution in [0.3, 0.4) is 0 Å². The first-order valence-corrected chi connectivity index (χ1v) is 9.13. The van der Waals surface area contributed by atoms with E-state index in [0.717, 1.165) is 12.8 Å². The first kappa shape index (κ1) is 24.9. The van der Waals surface area contributed by atoms with E-state index in [4.69, 9.17) is 0 Å². The van der Waals surface area contributed by atoms with E-state index in [1.165, 1.54) is 38.3 Å². The number of fused-ring (bicyclic) bond motifs is 3. The van der Waals surface area contributed by atoms with Crippen molar-refractivity contribution in [3.63, 3.8) is 0 Å². The summed E-state index contributed by atoms with van der Waals surface area (Å²) in [5, 5.41) is 5.39. The van der Waals surface area contributed by atoms with Crippen LogP contribution >= 0.6 is 0 Å². The second-order valence-electron chi connectivity index (χ2n) is 6.79. The van der Waals surface area contributed by atoms with Crippen LogP contribution in [0.4, 0.5) is 0 Å². The third-order valence-corrected chi connectivity index (χ3v) is 4.97. The Labute approximate surface area is 195 Å². The minimum absolute atomic E-state index is 0. The number of rotatable bonds is 2. The fourth-order valence-electron chi connectivity index (χ4n) is 3.52. The van der Waals surface area contributed by atoms with Gasteiger partial charge in [-0.05, 0) is 12.0 Å². The molecule has 5 rings (SSSR count). The smallest absolute Gasteiger partial charge is 0.358 e. The maximum absolute atomic E-state index is 3.24. The van der Waals surface area contributed by atoms with E-state index in [0.29, 0.717) is 0 Å². The Hall–Kier alpha value is -2.11. The summed E-state index contributed by atoms with van der Waals surface area (Å²) in [6, 6.07) is 29.9. The molecule has 29 heavy (non-hydrogen) atoms. The van der Waals surface area contributed by atoms with Crippen molar-refractivity contribution in [2.75, 3.05) is 0 Å². The van der Waals surface area contributed by atoms with E-state index in [2.05, 4.69) is 104 Å². The Morgan fingerprint density at radius 3 is 1.79 bits per heavy atom. The minimum Gasteiger partial charge on any atom is -0.358 e. The van der Waals surface area contributed by atoms with E-state index in [1.54, 1.807) is 0 Å². The largest absolute Gasteiger partial charge is 4.00 e. The van der Waals surface area contributed by atoms with Gasteiger partial charge in [-0.2, -0.15) is 5.57 Å². The fourth-order valence-corrected chi connectivity index (χ4v) is 3.52. The maximum atomic E-state index is 3.24. The predicted molar refractivity (Wildman–Crippen MR) is 125 cm³/mol. The molecule has 0 spiro atoms. The average Bonchev–Trinajstić information content (AvgIpc) is 3.26. The molecule has 144 valence electrons. The van der Waals surface area contributed by atoms with Crippen molar-refractivity contribution in [3.05, 3.63) is 129 Å². The average molecular weight is 456 g/mol. The molecule has 0 heterocycles. The second-order valence-corrected chi connectivity index (χ2v) is 6.79. The van der Waals surface area contributed by atoms with Crippen LogP contribution < -0.4 is 0 Å². The molecule has 0 N–H and O–H groups in total. The SMILES string of the molecule is CC1=C(Cc2ccccc2)C[C-]=C1.[CH3-].[CH3-].[Zr+4].c1ccc2c(c1)[cH-]c1ccccc12. The first-order valence-electron chi connectivity index (χ1n) is 9.13. The Balaban J connectivity index is 0.000000263. The molecule has 0 amide bonds. The Kier molecular flexibility index (Phi) is 10.1. The van der Waals surface area contributed by atoms with Crippen molar-refractivity contribution < 1.29 is 26.2 Å². The van der Waals surface area contributed by atoms with Gasteiger partial charge in [-0.25, -0.2) is 11.6 Å². The van der Waals surface area contributed by atoms with E-state index in [-0.39, 0.29) is 41.1 Å². The molecule has 0 unspecified atom stereocenters. The third-order valence-electron chi connectivity index (χ3n) is 4.97. The molecular formula is C28H28Zr. The quantitative estimate of drug-likeness (QED) is 0.269. The minimum atomic E-state index is 0. The van der Waals surface area contributed by atoms with Crippen molar-refractivity contribution >= 4 is 21.5 Å². The van der Waals surface area contributed by atoms with Gasteiger partial charge in [-0.15, -0.1) is 53.1 Å². The van der Waals surface area contributed by atoms with Gasteiger partial charge in [-0.1, -0.05) is 66.7 Å². The van der Waals surface area contributed by atoms with Crippen LogP contribution in [-0.4, -0.2) is 0 Å². The zero-order valence-corrected chi connectivity index (χ0v) is 20.0. The van der Waals surface area contributed by atoms with Crippen molar-refractivity contribution in [1.82, 2.24) is 0 Å². The fraction of sp³-hybridized carbons (Fsp3) is 0.107. The zero-order valence-electron chi connectivity index (χ0n) is 17.6. The van der Waals surface area contributed by atoms with Gasteiger partial charge in [0.15, 0.2) is 0 Å². The van der Waals surface area contributed by atoms with Crippen molar-refractivity contribution in [3.8, 4) is 0 Å². The molecule has 1 heteroatoms. The molecular weight excluding hydrogens is 428 g/mol. The topological polar surface area (TPSA) is 0 Å². The second kappa shape index (κ2) is 11.8. The van der Waals surface area contributed by atoms with E-state index in [9.17, 15) is 0 Å². The number of allylic oxidation sites excluding steroid dienone is 4. The summed E-state index contributed by atoms with van der Waals surface area (Å²) in [6.07, 6.45) is 7.43. The van der Waals surface area contributed by atoms with E-state index < -0.39 is 0 Å². The molecule has 0 nitrogen and oxygen atoms in total. The monoisotopic (exact) mass is 454 g/mol. The van der Waals surface area contributed by atoms with E-state index in [1.807, 2.05) is 0 Å². The summed E-state index contributed by atoms with van der Waals surface area (Å²) < 4.78 is 0. The van der Waals surface area contributed by atoms with Gasteiger partial charge in [0.1, 0.15) is 0 Å². The zero-order chi connectivity index (χ0) is 17.8. The van der Waals surface area contributed by atoms with Crippen LogP contribution in [0.15, 0.2) is 102 Å². The van der Waals surface area contributed by atoms with Gasteiger partial charge in [-0.3, -0.25) is 6.08 Å². The predicted octanol–water partition coefficient (Wildman–Crippen LogP) is 7.92. The van der Waals surface area contributed by atoms with Crippen LogP contribution in [0.25, 0.3) is 21.5 Å². The number of hydrogen-bond donors (Lipinski definition) is 0. The van der Waals surface area contributed by atoms with Crippen LogP contribution in [0.2, 0.25) is 0 Å². The third kappa shape index (κ3) is 5.94. The number of benzene rings is 3. The van der Waals surface area contributed by atoms with E-state index >= 15 is 0 Å². The number of hydrogen-bond acceptors (Lipinski definition) is 0. The molecule has 0 atom stereocenters. The van der Waals surface area contributed by atoms with Gasteiger partial charge in [0, 0.05) is 0 Å². The molecule has 0 bridgehead atoms. The Morgan fingerprint density at radius 1 is 0.759 bits per heavy atom. The first-order chi connectivity index (χ1) is 12.8. The summed E-state index contributed by atoms with van der Waals surface area (Å²) >= 11 is 0. The molecule has 4 aromatic carbocycles. The molecule has 1 aliphatic rings. The van der Waals surface area contributed by atoms with Crippen LogP contribution in [0.1, 0.15) is 18.9 Å². The molecule has 0 fully saturated rings. The van der Waals surface area contributed by atoms with Gasteiger partial charge < -0.3 is 14.9 Å². The van der Waals surface area contributed by atoms with Gasteiger partial charge in [0.25, 0.3) is 0 Å².